The van der Waals surface area contributed by atoms with Crippen molar-refractivity contribution in [3.05, 3.63) is 35.9 Å². The maximum absolute atomic E-state index is 12.8. The van der Waals surface area contributed by atoms with Gasteiger partial charge in [0.2, 0.25) is 11.8 Å². The first kappa shape index (κ1) is 17.9. The average molecular weight is 343 g/mol. The second kappa shape index (κ2) is 7.56. The first-order valence-corrected chi connectivity index (χ1v) is 9.39. The van der Waals surface area contributed by atoms with Crippen LogP contribution >= 0.6 is 0 Å². The van der Waals surface area contributed by atoms with E-state index in [0.29, 0.717) is 18.9 Å². The predicted molar refractivity (Wildman–Crippen MR) is 97.6 cm³/mol. The van der Waals surface area contributed by atoms with Gasteiger partial charge in [0.25, 0.3) is 0 Å². The van der Waals surface area contributed by atoms with Gasteiger partial charge in [-0.2, -0.15) is 0 Å². The van der Waals surface area contributed by atoms with Crippen LogP contribution in [0.25, 0.3) is 0 Å². The zero-order valence-electron chi connectivity index (χ0n) is 15.5. The molecule has 2 aliphatic heterocycles. The molecule has 1 aromatic carbocycles. The Morgan fingerprint density at radius 2 is 1.92 bits per heavy atom. The summed E-state index contributed by atoms with van der Waals surface area (Å²) in [6.45, 7) is 9.17. The Morgan fingerprint density at radius 3 is 2.60 bits per heavy atom. The zero-order valence-corrected chi connectivity index (χ0v) is 15.5. The molecule has 0 radical (unpaired) electrons. The van der Waals surface area contributed by atoms with Gasteiger partial charge in [0.15, 0.2) is 0 Å². The van der Waals surface area contributed by atoms with Crippen LogP contribution in [-0.2, 0) is 16.1 Å². The highest BCUT2D eigenvalue weighted by atomic mass is 16.2. The van der Waals surface area contributed by atoms with Crippen LogP contribution in [0.2, 0.25) is 0 Å². The number of nitrogens with zero attached hydrogens (tertiary/aromatic N) is 3. The van der Waals surface area contributed by atoms with Crippen LogP contribution in [0, 0.1) is 5.92 Å². The number of hydrogen-bond donors (Lipinski definition) is 0. The second-order valence-electron chi connectivity index (χ2n) is 7.42. The van der Waals surface area contributed by atoms with Gasteiger partial charge in [-0.3, -0.25) is 14.5 Å². The molecule has 0 spiro atoms. The molecule has 5 nitrogen and oxygen atoms in total. The van der Waals surface area contributed by atoms with E-state index in [0.717, 1.165) is 26.1 Å². The van der Waals surface area contributed by atoms with Crippen LogP contribution < -0.4 is 0 Å². The summed E-state index contributed by atoms with van der Waals surface area (Å²) in [4.78, 5) is 31.4. The van der Waals surface area contributed by atoms with Crippen LogP contribution in [0.15, 0.2) is 30.3 Å². The molecule has 0 N–H and O–H groups in total. The molecule has 2 saturated heterocycles. The molecule has 3 rings (SSSR count). The Balaban J connectivity index is 1.80. The Bertz CT molecular complexity index is 619. The molecule has 3 atom stereocenters. The summed E-state index contributed by atoms with van der Waals surface area (Å²) in [5.41, 5.74) is 1.25. The molecule has 0 saturated carbocycles. The molecule has 136 valence electrons. The van der Waals surface area contributed by atoms with Gasteiger partial charge in [0, 0.05) is 26.1 Å². The van der Waals surface area contributed by atoms with Crippen molar-refractivity contribution in [2.75, 3.05) is 19.6 Å². The molecule has 0 aliphatic carbocycles. The highest BCUT2D eigenvalue weighted by Gasteiger charge is 2.45. The standard InChI is InChI=1S/C20H29N3O2/c1-4-15(2)12-22-14-18-21(13-17-8-6-5-7-9-17)11-10-19(24)23(18)16(3)20(22)25/h5-9,15-16,18H,4,10-14H2,1-3H3. The highest BCUT2D eigenvalue weighted by molar-refractivity contribution is 5.89. The number of hydrogen-bond acceptors (Lipinski definition) is 3. The van der Waals surface area contributed by atoms with Gasteiger partial charge in [-0.05, 0) is 18.4 Å². The third-order valence-electron chi connectivity index (χ3n) is 5.57. The highest BCUT2D eigenvalue weighted by Crippen LogP contribution is 2.27. The van der Waals surface area contributed by atoms with E-state index in [9.17, 15) is 9.59 Å². The van der Waals surface area contributed by atoms with Crippen LogP contribution in [0.1, 0.15) is 39.2 Å². The number of carbonyl (C=O) groups is 2. The van der Waals surface area contributed by atoms with Crippen LogP contribution in [0.3, 0.4) is 0 Å². The first-order chi connectivity index (χ1) is 12.0. The molecule has 5 heteroatoms. The summed E-state index contributed by atoms with van der Waals surface area (Å²) in [6.07, 6.45) is 1.53. The number of benzene rings is 1. The summed E-state index contributed by atoms with van der Waals surface area (Å²) < 4.78 is 0. The Morgan fingerprint density at radius 1 is 1.20 bits per heavy atom. The second-order valence-corrected chi connectivity index (χ2v) is 7.42. The lowest BCUT2D eigenvalue weighted by Crippen LogP contribution is -2.69. The molecule has 0 aromatic heterocycles. The lowest BCUT2D eigenvalue weighted by atomic mass is 10.0. The van der Waals surface area contributed by atoms with Gasteiger partial charge >= 0.3 is 0 Å². The third-order valence-corrected chi connectivity index (χ3v) is 5.57. The summed E-state index contributed by atoms with van der Waals surface area (Å²) in [6, 6.07) is 9.98. The third kappa shape index (κ3) is 3.71. The lowest BCUT2D eigenvalue weighted by Gasteiger charge is -2.52. The van der Waals surface area contributed by atoms with Gasteiger partial charge in [-0.25, -0.2) is 0 Å². The zero-order chi connectivity index (χ0) is 18.0. The lowest BCUT2D eigenvalue weighted by molar-refractivity contribution is -0.169. The maximum atomic E-state index is 12.8. The monoisotopic (exact) mass is 343 g/mol. The molecule has 0 bridgehead atoms. The predicted octanol–water partition coefficient (Wildman–Crippen LogP) is 2.32. The maximum Gasteiger partial charge on any atom is 0.245 e. The van der Waals surface area contributed by atoms with E-state index >= 15 is 0 Å². The fraction of sp³-hybridized carbons (Fsp3) is 0.600. The molecule has 2 heterocycles. The molecule has 3 unspecified atom stereocenters. The van der Waals surface area contributed by atoms with Crippen molar-refractivity contribution in [3.63, 3.8) is 0 Å². The van der Waals surface area contributed by atoms with Crippen LogP contribution in [0.4, 0.5) is 0 Å². The van der Waals surface area contributed by atoms with Crippen molar-refractivity contribution in [1.82, 2.24) is 14.7 Å². The van der Waals surface area contributed by atoms with E-state index in [1.807, 2.05) is 34.9 Å². The van der Waals surface area contributed by atoms with E-state index in [2.05, 4.69) is 30.9 Å². The van der Waals surface area contributed by atoms with Crippen molar-refractivity contribution < 1.29 is 9.59 Å². The normalized spacial score (nSPS) is 25.9. The van der Waals surface area contributed by atoms with Gasteiger partial charge < -0.3 is 9.80 Å². The average Bonchev–Trinajstić information content (AvgIpc) is 2.62. The molecule has 25 heavy (non-hydrogen) atoms. The molecular weight excluding hydrogens is 314 g/mol. The van der Waals surface area contributed by atoms with E-state index in [-0.39, 0.29) is 24.0 Å². The molecule has 2 fully saturated rings. The van der Waals surface area contributed by atoms with E-state index in [1.165, 1.54) is 5.56 Å². The smallest absolute Gasteiger partial charge is 0.245 e. The number of amides is 2. The number of piperazine rings is 1. The molecule has 2 aliphatic rings. The number of carbonyl (C=O) groups excluding carboxylic acids is 2. The Kier molecular flexibility index (Phi) is 5.42. The van der Waals surface area contributed by atoms with Gasteiger partial charge in [0.1, 0.15) is 12.2 Å². The molecular formula is C20H29N3O2. The topological polar surface area (TPSA) is 43.9 Å². The van der Waals surface area contributed by atoms with E-state index in [4.69, 9.17) is 0 Å². The Hall–Kier alpha value is -1.88. The number of rotatable bonds is 5. The molecule has 2 amide bonds. The molecule has 1 aromatic rings. The minimum atomic E-state index is -0.367. The minimum absolute atomic E-state index is 0.0155. The quantitative estimate of drug-likeness (QED) is 0.824. The summed E-state index contributed by atoms with van der Waals surface area (Å²) in [5, 5.41) is 0. The SMILES string of the molecule is CCC(C)CN1CC2N(Cc3ccccc3)CCC(=O)N2C(C)C1=O. The van der Waals surface area contributed by atoms with Crippen molar-refractivity contribution in [3.8, 4) is 0 Å². The van der Waals surface area contributed by atoms with Crippen molar-refractivity contribution in [2.45, 2.75) is 52.4 Å². The van der Waals surface area contributed by atoms with Crippen molar-refractivity contribution in [2.24, 2.45) is 5.92 Å². The summed E-state index contributed by atoms with van der Waals surface area (Å²) in [5.74, 6) is 0.675. The van der Waals surface area contributed by atoms with Crippen LogP contribution in [0.5, 0.6) is 0 Å². The largest absolute Gasteiger partial charge is 0.337 e. The van der Waals surface area contributed by atoms with Crippen molar-refractivity contribution in [1.29, 1.82) is 0 Å². The van der Waals surface area contributed by atoms with E-state index < -0.39 is 0 Å². The number of fused-ring (bicyclic) bond motifs is 1. The van der Waals surface area contributed by atoms with Gasteiger partial charge in [-0.15, -0.1) is 0 Å². The van der Waals surface area contributed by atoms with E-state index in [1.54, 1.807) is 0 Å². The fourth-order valence-corrected chi connectivity index (χ4v) is 3.88. The van der Waals surface area contributed by atoms with Crippen molar-refractivity contribution >= 4 is 11.8 Å². The minimum Gasteiger partial charge on any atom is -0.337 e. The van der Waals surface area contributed by atoms with Gasteiger partial charge in [0.05, 0.1) is 6.54 Å². The van der Waals surface area contributed by atoms with Gasteiger partial charge in [-0.1, -0.05) is 50.6 Å². The first-order valence-electron chi connectivity index (χ1n) is 9.39. The summed E-state index contributed by atoms with van der Waals surface area (Å²) >= 11 is 0. The fourth-order valence-electron chi connectivity index (χ4n) is 3.88. The Labute approximate surface area is 150 Å². The van der Waals surface area contributed by atoms with Crippen LogP contribution in [-0.4, -0.2) is 58.4 Å². The summed E-state index contributed by atoms with van der Waals surface area (Å²) in [7, 11) is 0.